The number of amides is 1. The molecule has 112 valence electrons. The quantitative estimate of drug-likeness (QED) is 0.831. The predicted molar refractivity (Wildman–Crippen MR) is 81.3 cm³/mol. The fraction of sp³-hybridized carbons (Fsp3) is 0.611. The average molecular weight is 285 g/mol. The number of fused-ring (bicyclic) bond motifs is 1. The number of primary amides is 1. The summed E-state index contributed by atoms with van der Waals surface area (Å²) in [6, 6.07) is 3.76. The third-order valence-corrected chi connectivity index (χ3v) is 6.37. The summed E-state index contributed by atoms with van der Waals surface area (Å²) in [5.74, 6) is 1.14. The van der Waals surface area contributed by atoms with Gasteiger partial charge in [-0.1, -0.05) is 25.3 Å². The molecule has 1 amide bonds. The SMILES string of the molecule is NC(=O)c1ccc2c(c1O)C13CCCC[C@H]1[C@H](CCC3)C2. The van der Waals surface area contributed by atoms with Crippen LogP contribution in [0.5, 0.6) is 5.75 Å². The van der Waals surface area contributed by atoms with Crippen molar-refractivity contribution in [3.8, 4) is 5.75 Å². The van der Waals surface area contributed by atoms with Crippen LogP contribution in [0.3, 0.4) is 0 Å². The maximum Gasteiger partial charge on any atom is 0.252 e. The number of nitrogens with two attached hydrogens (primary N) is 1. The van der Waals surface area contributed by atoms with Gasteiger partial charge in [0.1, 0.15) is 5.75 Å². The van der Waals surface area contributed by atoms with Crippen molar-refractivity contribution < 1.29 is 9.90 Å². The molecule has 0 aromatic heterocycles. The highest BCUT2D eigenvalue weighted by atomic mass is 16.3. The van der Waals surface area contributed by atoms with Gasteiger partial charge < -0.3 is 10.8 Å². The van der Waals surface area contributed by atoms with E-state index in [4.69, 9.17) is 5.73 Å². The molecule has 3 N–H and O–H groups in total. The van der Waals surface area contributed by atoms with E-state index in [1.807, 2.05) is 6.07 Å². The maximum absolute atomic E-state index is 11.6. The molecule has 3 atom stereocenters. The Morgan fingerprint density at radius 1 is 1.19 bits per heavy atom. The first-order valence-electron chi connectivity index (χ1n) is 8.28. The molecule has 3 nitrogen and oxygen atoms in total. The fourth-order valence-corrected chi connectivity index (χ4v) is 5.66. The van der Waals surface area contributed by atoms with Gasteiger partial charge in [0.2, 0.25) is 0 Å². The van der Waals surface area contributed by atoms with Crippen molar-refractivity contribution in [2.45, 2.75) is 56.8 Å². The Labute approximate surface area is 125 Å². The summed E-state index contributed by atoms with van der Waals surface area (Å²) in [7, 11) is 0. The van der Waals surface area contributed by atoms with Crippen LogP contribution >= 0.6 is 0 Å². The van der Waals surface area contributed by atoms with Crippen molar-refractivity contribution in [2.75, 3.05) is 0 Å². The lowest BCUT2D eigenvalue weighted by Crippen LogP contribution is -2.49. The molecule has 4 rings (SSSR count). The van der Waals surface area contributed by atoms with Crippen LogP contribution in [0.25, 0.3) is 0 Å². The van der Waals surface area contributed by atoms with E-state index in [0.717, 1.165) is 30.7 Å². The van der Waals surface area contributed by atoms with Crippen LogP contribution in [0.15, 0.2) is 12.1 Å². The number of hydrogen-bond donors (Lipinski definition) is 2. The Bertz CT molecular complexity index is 605. The zero-order valence-electron chi connectivity index (χ0n) is 12.4. The summed E-state index contributed by atoms with van der Waals surface area (Å²) in [5.41, 5.74) is 8.21. The van der Waals surface area contributed by atoms with Crippen LogP contribution in [0.2, 0.25) is 0 Å². The molecule has 0 aliphatic heterocycles. The summed E-state index contributed by atoms with van der Waals surface area (Å²) < 4.78 is 0. The lowest BCUT2D eigenvalue weighted by molar-refractivity contribution is 0.0500. The van der Waals surface area contributed by atoms with E-state index in [0.29, 0.717) is 11.5 Å². The van der Waals surface area contributed by atoms with Crippen molar-refractivity contribution in [1.82, 2.24) is 0 Å². The summed E-state index contributed by atoms with van der Waals surface area (Å²) in [6.07, 6.45) is 9.80. The van der Waals surface area contributed by atoms with E-state index in [2.05, 4.69) is 0 Å². The zero-order chi connectivity index (χ0) is 14.6. The first-order valence-corrected chi connectivity index (χ1v) is 8.28. The fourth-order valence-electron chi connectivity index (χ4n) is 5.66. The van der Waals surface area contributed by atoms with Crippen molar-refractivity contribution >= 4 is 5.91 Å². The molecule has 21 heavy (non-hydrogen) atoms. The van der Waals surface area contributed by atoms with Crippen LogP contribution < -0.4 is 5.73 Å². The minimum absolute atomic E-state index is 0.115. The van der Waals surface area contributed by atoms with E-state index in [1.165, 1.54) is 37.7 Å². The number of rotatable bonds is 1. The van der Waals surface area contributed by atoms with E-state index in [-0.39, 0.29) is 11.2 Å². The molecule has 0 heterocycles. The Morgan fingerprint density at radius 3 is 2.81 bits per heavy atom. The van der Waals surface area contributed by atoms with E-state index >= 15 is 0 Å². The van der Waals surface area contributed by atoms with Gasteiger partial charge in [0.15, 0.2) is 0 Å². The van der Waals surface area contributed by atoms with E-state index in [9.17, 15) is 9.90 Å². The van der Waals surface area contributed by atoms with Crippen LogP contribution in [-0.2, 0) is 11.8 Å². The number of carbonyl (C=O) groups is 1. The third-order valence-electron chi connectivity index (χ3n) is 6.37. The van der Waals surface area contributed by atoms with Gasteiger partial charge in [0, 0.05) is 11.0 Å². The van der Waals surface area contributed by atoms with Crippen molar-refractivity contribution in [2.24, 2.45) is 17.6 Å². The number of benzene rings is 1. The molecular formula is C18H23NO2. The maximum atomic E-state index is 11.6. The number of aromatic hydroxyl groups is 1. The molecule has 0 spiro atoms. The second kappa shape index (κ2) is 4.49. The second-order valence-corrected chi connectivity index (χ2v) is 7.22. The summed E-state index contributed by atoms with van der Waals surface area (Å²) in [5, 5.41) is 10.7. The Hall–Kier alpha value is -1.51. The highest BCUT2D eigenvalue weighted by Gasteiger charge is 2.52. The molecule has 0 saturated heterocycles. The Balaban J connectivity index is 1.95. The largest absolute Gasteiger partial charge is 0.507 e. The van der Waals surface area contributed by atoms with Gasteiger partial charge in [0.25, 0.3) is 5.91 Å². The first-order chi connectivity index (χ1) is 10.1. The van der Waals surface area contributed by atoms with Gasteiger partial charge in [-0.15, -0.1) is 0 Å². The minimum atomic E-state index is -0.517. The molecule has 2 fully saturated rings. The van der Waals surface area contributed by atoms with Crippen molar-refractivity contribution in [3.05, 3.63) is 28.8 Å². The highest BCUT2D eigenvalue weighted by molar-refractivity contribution is 5.96. The number of carbonyl (C=O) groups excluding carboxylic acids is 1. The molecule has 3 aliphatic rings. The monoisotopic (exact) mass is 285 g/mol. The summed E-state index contributed by atoms with van der Waals surface area (Å²) in [4.78, 5) is 11.6. The number of hydrogen-bond acceptors (Lipinski definition) is 2. The predicted octanol–water partition coefficient (Wildman–Crippen LogP) is 3.28. The van der Waals surface area contributed by atoms with Crippen molar-refractivity contribution in [3.63, 3.8) is 0 Å². The average Bonchev–Trinajstić information content (AvgIpc) is 2.46. The zero-order valence-corrected chi connectivity index (χ0v) is 12.4. The normalized spacial score (nSPS) is 33.9. The smallest absolute Gasteiger partial charge is 0.252 e. The second-order valence-electron chi connectivity index (χ2n) is 7.22. The molecule has 3 aliphatic carbocycles. The first kappa shape index (κ1) is 13.2. The summed E-state index contributed by atoms with van der Waals surface area (Å²) >= 11 is 0. The highest BCUT2D eigenvalue weighted by Crippen LogP contribution is 2.60. The van der Waals surface area contributed by atoms with Crippen LogP contribution in [0, 0.1) is 11.8 Å². The lowest BCUT2D eigenvalue weighted by atomic mass is 9.48. The van der Waals surface area contributed by atoms with Crippen LogP contribution in [0.1, 0.15) is 66.4 Å². The molecule has 0 radical (unpaired) electrons. The molecule has 1 aromatic carbocycles. The van der Waals surface area contributed by atoms with Crippen LogP contribution in [0.4, 0.5) is 0 Å². The topological polar surface area (TPSA) is 63.3 Å². The Morgan fingerprint density at radius 2 is 2.00 bits per heavy atom. The van der Waals surface area contributed by atoms with Gasteiger partial charge in [-0.2, -0.15) is 0 Å². The molecule has 2 saturated carbocycles. The number of phenols is 1. The van der Waals surface area contributed by atoms with Gasteiger partial charge in [-0.25, -0.2) is 0 Å². The van der Waals surface area contributed by atoms with Gasteiger partial charge >= 0.3 is 0 Å². The van der Waals surface area contributed by atoms with Gasteiger partial charge in [-0.05, 0) is 55.6 Å². The van der Waals surface area contributed by atoms with Crippen LogP contribution in [-0.4, -0.2) is 11.0 Å². The molecule has 1 aromatic rings. The lowest BCUT2D eigenvalue weighted by Gasteiger charge is -2.55. The molecule has 2 bridgehead atoms. The van der Waals surface area contributed by atoms with E-state index in [1.54, 1.807) is 6.07 Å². The minimum Gasteiger partial charge on any atom is -0.507 e. The third kappa shape index (κ3) is 1.69. The molecule has 3 heteroatoms. The van der Waals surface area contributed by atoms with Gasteiger partial charge in [-0.3, -0.25) is 4.79 Å². The van der Waals surface area contributed by atoms with Crippen molar-refractivity contribution in [1.29, 1.82) is 0 Å². The summed E-state index contributed by atoms with van der Waals surface area (Å²) in [6.45, 7) is 0. The van der Waals surface area contributed by atoms with Gasteiger partial charge in [0.05, 0.1) is 5.56 Å². The Kier molecular flexibility index (Phi) is 2.82. The molecule has 1 unspecified atom stereocenters. The van der Waals surface area contributed by atoms with E-state index < -0.39 is 5.91 Å². The molecular weight excluding hydrogens is 262 g/mol. The standard InChI is InChI=1S/C18H23NO2/c19-17(21)13-7-6-12-10-11-4-3-9-18(15(12)16(13)20)8-2-1-5-14(11)18/h6-7,11,14,20H,1-5,8-10H2,(H2,19,21)/t11-,14+,18?/m1/s1.